The summed E-state index contributed by atoms with van der Waals surface area (Å²) in [6.45, 7) is 7.26. The molecular formula is C32H38BrN5O3. The molecule has 2 aliphatic rings. The third-order valence-electron chi connectivity index (χ3n) is 8.37. The van der Waals surface area contributed by atoms with Crippen molar-refractivity contribution >= 4 is 27.5 Å². The molecule has 0 bridgehead atoms. The van der Waals surface area contributed by atoms with Crippen LogP contribution in [0.1, 0.15) is 65.6 Å². The topological polar surface area (TPSA) is 92.4 Å². The van der Waals surface area contributed by atoms with Crippen molar-refractivity contribution in [2.75, 3.05) is 24.6 Å². The Morgan fingerprint density at radius 3 is 2.41 bits per heavy atom. The Balaban J connectivity index is 1.03. The normalized spacial score (nSPS) is 19.5. The van der Waals surface area contributed by atoms with Gasteiger partial charge in [-0.3, -0.25) is 9.48 Å². The summed E-state index contributed by atoms with van der Waals surface area (Å²) < 4.78 is 15.2. The molecule has 2 fully saturated rings. The smallest absolute Gasteiger partial charge is 0.251 e. The molecule has 1 aliphatic carbocycles. The molecule has 0 atom stereocenters. The average molecular weight is 621 g/mol. The number of halogens is 1. The fourth-order valence-corrected chi connectivity index (χ4v) is 6.02. The van der Waals surface area contributed by atoms with Gasteiger partial charge in [-0.05, 0) is 116 Å². The van der Waals surface area contributed by atoms with Gasteiger partial charge in [0.25, 0.3) is 5.91 Å². The number of hydrogen-bond acceptors (Lipinski definition) is 6. The highest BCUT2D eigenvalue weighted by Crippen LogP contribution is 2.29. The fraction of sp³-hybridized carbons (Fsp3) is 0.469. The average Bonchev–Trinajstić information content (AvgIpc) is 3.41. The van der Waals surface area contributed by atoms with Crippen molar-refractivity contribution in [3.63, 3.8) is 0 Å². The summed E-state index contributed by atoms with van der Waals surface area (Å²) in [4.78, 5) is 15.3. The van der Waals surface area contributed by atoms with E-state index in [1.54, 1.807) is 6.20 Å². The van der Waals surface area contributed by atoms with Crippen LogP contribution >= 0.6 is 15.9 Å². The monoisotopic (exact) mass is 619 g/mol. The number of ether oxygens (including phenoxy) is 2. The number of benzene rings is 2. The van der Waals surface area contributed by atoms with Crippen LogP contribution in [0.5, 0.6) is 5.75 Å². The highest BCUT2D eigenvalue weighted by molar-refractivity contribution is 9.10. The maximum absolute atomic E-state index is 13.0. The van der Waals surface area contributed by atoms with Crippen LogP contribution in [0.25, 0.3) is 0 Å². The first-order valence-corrected chi connectivity index (χ1v) is 15.3. The lowest BCUT2D eigenvalue weighted by Gasteiger charge is -2.33. The Kier molecular flexibility index (Phi) is 9.63. The number of rotatable bonds is 9. The number of nitriles is 1. The van der Waals surface area contributed by atoms with Crippen molar-refractivity contribution in [3.8, 4) is 11.8 Å². The van der Waals surface area contributed by atoms with Crippen molar-refractivity contribution in [1.82, 2.24) is 15.1 Å². The van der Waals surface area contributed by atoms with E-state index in [1.165, 1.54) is 0 Å². The molecule has 1 aromatic heterocycles. The zero-order valence-corrected chi connectivity index (χ0v) is 25.4. The molecule has 1 amide bonds. The number of hydrogen-bond donors (Lipinski definition) is 1. The van der Waals surface area contributed by atoms with Crippen molar-refractivity contribution in [1.29, 1.82) is 5.26 Å². The lowest BCUT2D eigenvalue weighted by molar-refractivity contribution is 0.0311. The number of nitrogens with zero attached hydrogens (tertiary/aromatic N) is 4. The number of carbonyl (C=O) groups excluding carboxylic acids is 1. The molecular weight excluding hydrogens is 582 g/mol. The van der Waals surface area contributed by atoms with Crippen LogP contribution in [0.3, 0.4) is 0 Å². The van der Waals surface area contributed by atoms with E-state index in [0.29, 0.717) is 17.7 Å². The molecule has 3 aromatic rings. The molecule has 1 saturated heterocycles. The molecule has 1 aliphatic heterocycles. The summed E-state index contributed by atoms with van der Waals surface area (Å²) in [6.07, 6.45) is 9.68. The zero-order valence-electron chi connectivity index (χ0n) is 23.8. The van der Waals surface area contributed by atoms with Gasteiger partial charge in [0.2, 0.25) is 0 Å². The molecule has 5 rings (SSSR count). The molecule has 9 heteroatoms. The summed E-state index contributed by atoms with van der Waals surface area (Å²) in [5.41, 5.74) is 4.53. The van der Waals surface area contributed by atoms with Gasteiger partial charge >= 0.3 is 0 Å². The molecule has 0 radical (unpaired) electrons. The largest absolute Gasteiger partial charge is 0.490 e. The van der Waals surface area contributed by atoms with Gasteiger partial charge in [0.05, 0.1) is 47.7 Å². The van der Waals surface area contributed by atoms with E-state index >= 15 is 0 Å². The summed E-state index contributed by atoms with van der Waals surface area (Å²) >= 11 is 3.42. The lowest BCUT2D eigenvalue weighted by atomic mass is 9.92. The standard InChI is InChI=1S/C32H38BrN5O3/c1-22-23(2)31(12-5-25(22)19-34)41-30-10-6-27(7-11-30)36-32(39)24-3-8-28(9-4-24)37-15-13-29(14-16-37)40-18-17-38-21-26(33)20-35-38/h3-5,8-9,12,20-21,27,29-30H,6-7,10-11,13-18H2,1-2H3,(H,36,39). The van der Waals surface area contributed by atoms with Crippen LogP contribution in [0.15, 0.2) is 53.3 Å². The number of anilines is 1. The van der Waals surface area contributed by atoms with Crippen molar-refractivity contribution < 1.29 is 14.3 Å². The molecule has 2 heterocycles. The Bertz CT molecular complexity index is 1370. The molecule has 1 N–H and O–H groups in total. The molecule has 0 unspecified atom stereocenters. The van der Waals surface area contributed by atoms with Gasteiger partial charge in [-0.2, -0.15) is 10.4 Å². The first-order valence-electron chi connectivity index (χ1n) is 14.5. The molecule has 0 spiro atoms. The first-order chi connectivity index (χ1) is 19.9. The van der Waals surface area contributed by atoms with E-state index in [4.69, 9.17) is 9.47 Å². The highest BCUT2D eigenvalue weighted by atomic mass is 79.9. The SMILES string of the molecule is Cc1c(C#N)ccc(OC2CCC(NC(=O)c3ccc(N4CCC(OCCn5cc(Br)cn5)CC4)cc3)CC2)c1C. The van der Waals surface area contributed by atoms with Crippen molar-refractivity contribution in [3.05, 3.63) is 75.5 Å². The minimum absolute atomic E-state index is 0.0178. The second-order valence-corrected chi connectivity index (χ2v) is 12.0. The maximum atomic E-state index is 13.0. The summed E-state index contributed by atoms with van der Waals surface area (Å²) in [5, 5.41) is 16.7. The molecule has 2 aromatic carbocycles. The predicted molar refractivity (Wildman–Crippen MR) is 162 cm³/mol. The summed E-state index contributed by atoms with van der Waals surface area (Å²) in [6, 6.07) is 14.1. The number of aromatic nitrogens is 2. The molecule has 8 nitrogen and oxygen atoms in total. The maximum Gasteiger partial charge on any atom is 0.251 e. The van der Waals surface area contributed by atoms with Crippen LogP contribution in [-0.4, -0.2) is 53.6 Å². The van der Waals surface area contributed by atoms with Gasteiger partial charge in [0, 0.05) is 36.6 Å². The third-order valence-corrected chi connectivity index (χ3v) is 8.78. The Morgan fingerprint density at radius 2 is 1.76 bits per heavy atom. The van der Waals surface area contributed by atoms with E-state index in [0.717, 1.165) is 85.2 Å². The van der Waals surface area contributed by atoms with E-state index in [2.05, 4.69) is 49.4 Å². The first kappa shape index (κ1) is 29.2. The minimum atomic E-state index is -0.0178. The Morgan fingerprint density at radius 1 is 1.02 bits per heavy atom. The Hall–Kier alpha value is -3.35. The van der Waals surface area contributed by atoms with Crippen LogP contribution in [0.4, 0.5) is 5.69 Å². The van der Waals surface area contributed by atoms with Crippen molar-refractivity contribution in [2.45, 2.75) is 77.2 Å². The van der Waals surface area contributed by atoms with E-state index < -0.39 is 0 Å². The number of carbonyl (C=O) groups is 1. The van der Waals surface area contributed by atoms with Gasteiger partial charge in [0.15, 0.2) is 0 Å². The predicted octanol–water partition coefficient (Wildman–Crippen LogP) is 5.94. The molecule has 1 saturated carbocycles. The fourth-order valence-electron chi connectivity index (χ4n) is 5.70. The van der Waals surface area contributed by atoms with Gasteiger partial charge in [0.1, 0.15) is 5.75 Å². The van der Waals surface area contributed by atoms with Gasteiger partial charge < -0.3 is 19.7 Å². The van der Waals surface area contributed by atoms with Crippen LogP contribution in [0, 0.1) is 25.2 Å². The quantitative estimate of drug-likeness (QED) is 0.319. The lowest BCUT2D eigenvalue weighted by Crippen LogP contribution is -2.39. The van der Waals surface area contributed by atoms with Crippen LogP contribution in [0.2, 0.25) is 0 Å². The third kappa shape index (κ3) is 7.49. The van der Waals surface area contributed by atoms with E-state index in [9.17, 15) is 10.1 Å². The number of nitrogens with one attached hydrogen (secondary N) is 1. The van der Waals surface area contributed by atoms with Crippen LogP contribution < -0.4 is 15.0 Å². The second kappa shape index (κ2) is 13.5. The zero-order chi connectivity index (χ0) is 28.8. The number of amides is 1. The Labute approximate surface area is 250 Å². The van der Waals surface area contributed by atoms with E-state index in [1.807, 2.05) is 49.0 Å². The summed E-state index contributed by atoms with van der Waals surface area (Å²) in [7, 11) is 0. The summed E-state index contributed by atoms with van der Waals surface area (Å²) in [5.74, 6) is 0.834. The van der Waals surface area contributed by atoms with Crippen LogP contribution in [-0.2, 0) is 11.3 Å². The van der Waals surface area contributed by atoms with Gasteiger partial charge in [-0.15, -0.1) is 0 Å². The highest BCUT2D eigenvalue weighted by Gasteiger charge is 2.25. The minimum Gasteiger partial charge on any atom is -0.490 e. The molecule has 41 heavy (non-hydrogen) atoms. The number of piperidine rings is 1. The van der Waals surface area contributed by atoms with E-state index in [-0.39, 0.29) is 24.2 Å². The van der Waals surface area contributed by atoms with Gasteiger partial charge in [-0.1, -0.05) is 0 Å². The molecule has 216 valence electrons. The van der Waals surface area contributed by atoms with Gasteiger partial charge in [-0.25, -0.2) is 0 Å². The second-order valence-electron chi connectivity index (χ2n) is 11.1. The van der Waals surface area contributed by atoms with Crippen molar-refractivity contribution in [2.24, 2.45) is 0 Å².